The van der Waals surface area contributed by atoms with Crippen LogP contribution in [0.1, 0.15) is 5.56 Å². The molecule has 0 spiro atoms. The molecule has 0 saturated heterocycles. The Bertz CT molecular complexity index is 670. The zero-order valence-electron chi connectivity index (χ0n) is 9.59. The number of aromatic nitrogens is 4. The first-order valence-corrected chi connectivity index (χ1v) is 5.56. The van der Waals surface area contributed by atoms with E-state index in [4.69, 9.17) is 5.73 Å². The Labute approximate surface area is 103 Å². The molecule has 0 atom stereocenters. The zero-order chi connectivity index (χ0) is 12.4. The highest BCUT2D eigenvalue weighted by Crippen LogP contribution is 2.20. The first kappa shape index (κ1) is 10.5. The van der Waals surface area contributed by atoms with E-state index in [1.54, 1.807) is 12.4 Å². The van der Waals surface area contributed by atoms with E-state index >= 15 is 0 Å². The fourth-order valence-corrected chi connectivity index (χ4v) is 1.80. The van der Waals surface area contributed by atoms with Crippen LogP contribution in [-0.2, 0) is 6.54 Å². The van der Waals surface area contributed by atoms with Gasteiger partial charge in [-0.25, -0.2) is 0 Å². The zero-order valence-corrected chi connectivity index (χ0v) is 9.59. The molecular formula is C12H12N6. The molecule has 0 unspecified atom stereocenters. The predicted octanol–water partition coefficient (Wildman–Crippen LogP) is 1.55. The van der Waals surface area contributed by atoms with Gasteiger partial charge in [-0.15, -0.1) is 5.10 Å². The number of nitrogens with one attached hydrogen (secondary N) is 2. The normalized spacial score (nSPS) is 10.7. The van der Waals surface area contributed by atoms with E-state index < -0.39 is 0 Å². The lowest BCUT2D eigenvalue weighted by Gasteiger charge is -2.06. The highest BCUT2D eigenvalue weighted by Gasteiger charge is 2.05. The van der Waals surface area contributed by atoms with Crippen LogP contribution in [0.15, 0.2) is 36.7 Å². The van der Waals surface area contributed by atoms with Crippen molar-refractivity contribution in [3.05, 3.63) is 42.2 Å². The second kappa shape index (κ2) is 4.33. The molecule has 0 fully saturated rings. The number of benzene rings is 1. The Hall–Kier alpha value is -2.63. The van der Waals surface area contributed by atoms with Crippen molar-refractivity contribution >= 4 is 22.4 Å². The van der Waals surface area contributed by atoms with Crippen molar-refractivity contribution in [3.8, 4) is 0 Å². The number of nitrogen functional groups attached to an aromatic ring is 1. The Kier molecular flexibility index (Phi) is 2.53. The molecule has 0 aliphatic carbocycles. The highest BCUT2D eigenvalue weighted by molar-refractivity contribution is 5.90. The van der Waals surface area contributed by atoms with Crippen LogP contribution in [0, 0.1) is 0 Å². The minimum atomic E-state index is 0.561. The van der Waals surface area contributed by atoms with Gasteiger partial charge in [0.15, 0.2) is 5.82 Å². The maximum atomic E-state index is 5.72. The number of rotatable bonds is 3. The average molecular weight is 240 g/mol. The smallest absolute Gasteiger partial charge is 0.156 e. The number of hydrogen-bond donors (Lipinski definition) is 3. The summed E-state index contributed by atoms with van der Waals surface area (Å²) in [6, 6.07) is 7.95. The lowest BCUT2D eigenvalue weighted by molar-refractivity contribution is 1.02. The molecule has 1 aromatic carbocycles. The summed E-state index contributed by atoms with van der Waals surface area (Å²) in [5.41, 5.74) is 6.63. The number of hydrogen-bond acceptors (Lipinski definition) is 5. The molecule has 2 heterocycles. The number of anilines is 2. The van der Waals surface area contributed by atoms with Gasteiger partial charge in [0, 0.05) is 22.9 Å². The van der Waals surface area contributed by atoms with Gasteiger partial charge in [-0.05, 0) is 0 Å². The molecule has 0 aliphatic heterocycles. The lowest BCUT2D eigenvalue weighted by Crippen LogP contribution is -2.04. The Morgan fingerprint density at radius 1 is 1.22 bits per heavy atom. The molecule has 0 radical (unpaired) electrons. The van der Waals surface area contributed by atoms with Gasteiger partial charge in [-0.2, -0.15) is 10.2 Å². The van der Waals surface area contributed by atoms with Gasteiger partial charge in [0.2, 0.25) is 0 Å². The van der Waals surface area contributed by atoms with Crippen molar-refractivity contribution in [2.24, 2.45) is 0 Å². The van der Waals surface area contributed by atoms with Gasteiger partial charge in [-0.1, -0.05) is 24.3 Å². The van der Waals surface area contributed by atoms with Gasteiger partial charge in [-0.3, -0.25) is 5.10 Å². The third-order valence-corrected chi connectivity index (χ3v) is 2.77. The monoisotopic (exact) mass is 240 g/mol. The summed E-state index contributed by atoms with van der Waals surface area (Å²) in [5, 5.41) is 19.9. The molecule has 0 amide bonds. The fraction of sp³-hybridized carbons (Fsp3) is 0.0833. The second-order valence-electron chi connectivity index (χ2n) is 3.94. The van der Waals surface area contributed by atoms with Crippen molar-refractivity contribution in [2.45, 2.75) is 6.54 Å². The lowest BCUT2D eigenvalue weighted by atomic mass is 10.2. The van der Waals surface area contributed by atoms with Crippen LogP contribution in [0.4, 0.5) is 11.6 Å². The van der Waals surface area contributed by atoms with Crippen LogP contribution in [0.3, 0.4) is 0 Å². The third kappa shape index (κ3) is 1.84. The molecular weight excluding hydrogens is 228 g/mol. The van der Waals surface area contributed by atoms with Crippen LogP contribution in [0.25, 0.3) is 10.8 Å². The van der Waals surface area contributed by atoms with Gasteiger partial charge in [0.1, 0.15) is 5.82 Å². The minimum absolute atomic E-state index is 0.561. The second-order valence-corrected chi connectivity index (χ2v) is 3.94. The van der Waals surface area contributed by atoms with Crippen LogP contribution in [-0.4, -0.2) is 20.4 Å². The summed E-state index contributed by atoms with van der Waals surface area (Å²) < 4.78 is 0. The van der Waals surface area contributed by atoms with Crippen LogP contribution in [0.2, 0.25) is 0 Å². The van der Waals surface area contributed by atoms with Gasteiger partial charge in [0.25, 0.3) is 0 Å². The SMILES string of the molecule is Nc1[nH]ncc1CNc1nncc2ccccc12. The van der Waals surface area contributed by atoms with Crippen molar-refractivity contribution in [3.63, 3.8) is 0 Å². The van der Waals surface area contributed by atoms with E-state index in [-0.39, 0.29) is 0 Å². The highest BCUT2D eigenvalue weighted by atomic mass is 15.2. The van der Waals surface area contributed by atoms with Crippen LogP contribution >= 0.6 is 0 Å². The third-order valence-electron chi connectivity index (χ3n) is 2.77. The largest absolute Gasteiger partial charge is 0.384 e. The summed E-state index contributed by atoms with van der Waals surface area (Å²) in [4.78, 5) is 0. The number of H-pyrrole nitrogens is 1. The number of fused-ring (bicyclic) bond motifs is 1. The first-order chi connectivity index (χ1) is 8.84. The van der Waals surface area contributed by atoms with Gasteiger partial charge < -0.3 is 11.1 Å². The molecule has 6 nitrogen and oxygen atoms in total. The van der Waals surface area contributed by atoms with Crippen molar-refractivity contribution < 1.29 is 0 Å². The molecule has 18 heavy (non-hydrogen) atoms. The Morgan fingerprint density at radius 2 is 2.11 bits per heavy atom. The maximum absolute atomic E-state index is 5.72. The molecule has 0 saturated carbocycles. The fourth-order valence-electron chi connectivity index (χ4n) is 1.80. The summed E-state index contributed by atoms with van der Waals surface area (Å²) in [5.74, 6) is 1.31. The molecule has 3 aromatic rings. The topological polar surface area (TPSA) is 92.5 Å². The molecule has 0 aliphatic rings. The van der Waals surface area contributed by atoms with Gasteiger partial charge in [0.05, 0.1) is 12.4 Å². The summed E-state index contributed by atoms with van der Waals surface area (Å²) >= 11 is 0. The molecule has 0 bridgehead atoms. The van der Waals surface area contributed by atoms with Crippen molar-refractivity contribution in [2.75, 3.05) is 11.1 Å². The predicted molar refractivity (Wildman–Crippen MR) is 69.9 cm³/mol. The van der Waals surface area contributed by atoms with Crippen molar-refractivity contribution in [1.29, 1.82) is 0 Å². The van der Waals surface area contributed by atoms with Crippen LogP contribution < -0.4 is 11.1 Å². The van der Waals surface area contributed by atoms with E-state index in [1.165, 1.54) is 0 Å². The first-order valence-electron chi connectivity index (χ1n) is 5.56. The number of nitrogens with two attached hydrogens (primary N) is 1. The van der Waals surface area contributed by atoms with E-state index in [0.717, 1.165) is 22.2 Å². The summed E-state index contributed by atoms with van der Waals surface area (Å²) in [6.45, 7) is 0.561. The minimum Gasteiger partial charge on any atom is -0.384 e. The quantitative estimate of drug-likeness (QED) is 0.646. The van der Waals surface area contributed by atoms with Gasteiger partial charge >= 0.3 is 0 Å². The van der Waals surface area contributed by atoms with E-state index in [2.05, 4.69) is 25.7 Å². The standard InChI is InChI=1S/C12H12N6/c13-11-9(7-15-17-11)5-14-12-10-4-2-1-3-8(10)6-16-18-12/h1-4,6-7H,5H2,(H,14,18)(H3,13,15,17). The van der Waals surface area contributed by atoms with Crippen LogP contribution in [0.5, 0.6) is 0 Å². The number of nitrogens with zero attached hydrogens (tertiary/aromatic N) is 3. The molecule has 4 N–H and O–H groups in total. The molecule has 90 valence electrons. The molecule has 2 aromatic heterocycles. The van der Waals surface area contributed by atoms with E-state index in [0.29, 0.717) is 12.4 Å². The summed E-state index contributed by atoms with van der Waals surface area (Å²) in [6.07, 6.45) is 3.44. The Balaban J connectivity index is 1.89. The molecule has 3 rings (SSSR count). The molecule has 6 heteroatoms. The summed E-state index contributed by atoms with van der Waals surface area (Å²) in [7, 11) is 0. The van der Waals surface area contributed by atoms with Crippen molar-refractivity contribution in [1.82, 2.24) is 20.4 Å². The Morgan fingerprint density at radius 3 is 2.94 bits per heavy atom. The number of aromatic amines is 1. The van der Waals surface area contributed by atoms with E-state index in [1.807, 2.05) is 24.3 Å². The average Bonchev–Trinajstić information content (AvgIpc) is 2.82. The van der Waals surface area contributed by atoms with E-state index in [9.17, 15) is 0 Å². The maximum Gasteiger partial charge on any atom is 0.156 e.